The Labute approximate surface area is 86.1 Å². The van der Waals surface area contributed by atoms with Gasteiger partial charge in [0.1, 0.15) is 0 Å². The van der Waals surface area contributed by atoms with Gasteiger partial charge in [0.05, 0.1) is 12.6 Å². The molecule has 1 saturated carbocycles. The van der Waals surface area contributed by atoms with Crippen LogP contribution in [-0.2, 0) is 0 Å². The highest BCUT2D eigenvalue weighted by Gasteiger charge is 2.24. The van der Waals surface area contributed by atoms with E-state index in [0.717, 1.165) is 25.2 Å². The molecule has 1 saturated heterocycles. The van der Waals surface area contributed by atoms with Crippen LogP contribution in [0.2, 0.25) is 0 Å². The molecule has 2 fully saturated rings. The molecule has 2 aliphatic rings. The number of likely N-dealkylation sites (tertiary alicyclic amines) is 1. The minimum Gasteiger partial charge on any atom is -0.311 e. The first-order valence-corrected chi connectivity index (χ1v) is 5.74. The van der Waals surface area contributed by atoms with Gasteiger partial charge < -0.3 is 5.32 Å². The van der Waals surface area contributed by atoms with Crippen molar-refractivity contribution in [1.29, 1.82) is 5.26 Å². The standard InChI is InChI=1S/C11H19N3/c12-6-9-14-7-4-11(5-8-14)13-10-2-1-3-10/h10-11,13H,1-5,7-9H2. The molecule has 3 heteroatoms. The van der Waals surface area contributed by atoms with Crippen LogP contribution in [0.25, 0.3) is 0 Å². The lowest BCUT2D eigenvalue weighted by Gasteiger charge is -2.36. The monoisotopic (exact) mass is 193 g/mol. The number of hydrogen-bond acceptors (Lipinski definition) is 3. The predicted octanol–water partition coefficient (Wildman–Crippen LogP) is 1.12. The summed E-state index contributed by atoms with van der Waals surface area (Å²) in [5, 5.41) is 12.3. The van der Waals surface area contributed by atoms with Gasteiger partial charge in [0.25, 0.3) is 0 Å². The van der Waals surface area contributed by atoms with Crippen molar-refractivity contribution in [2.75, 3.05) is 19.6 Å². The van der Waals surface area contributed by atoms with Gasteiger partial charge in [0, 0.05) is 25.2 Å². The van der Waals surface area contributed by atoms with Gasteiger partial charge in [-0.1, -0.05) is 6.42 Å². The molecule has 0 amide bonds. The fourth-order valence-electron chi connectivity index (χ4n) is 2.27. The maximum absolute atomic E-state index is 8.57. The van der Waals surface area contributed by atoms with Crippen LogP contribution in [0.5, 0.6) is 0 Å². The first-order valence-electron chi connectivity index (χ1n) is 5.74. The zero-order valence-corrected chi connectivity index (χ0v) is 8.71. The minimum absolute atomic E-state index is 0.607. The Kier molecular flexibility index (Phi) is 3.39. The molecule has 0 aromatic heterocycles. The summed E-state index contributed by atoms with van der Waals surface area (Å²) >= 11 is 0. The molecule has 1 aliphatic carbocycles. The normalized spacial score (nSPS) is 25.6. The maximum Gasteiger partial charge on any atom is 0.0866 e. The molecule has 1 aliphatic heterocycles. The topological polar surface area (TPSA) is 39.1 Å². The Bertz CT molecular complexity index is 209. The SMILES string of the molecule is N#CCN1CCC(NC2CCC2)CC1. The van der Waals surface area contributed by atoms with Gasteiger partial charge in [0.2, 0.25) is 0 Å². The van der Waals surface area contributed by atoms with Crippen LogP contribution in [0.15, 0.2) is 0 Å². The molecule has 14 heavy (non-hydrogen) atoms. The van der Waals surface area contributed by atoms with Crippen molar-refractivity contribution in [3.63, 3.8) is 0 Å². The number of nitrogens with one attached hydrogen (secondary N) is 1. The second-order valence-corrected chi connectivity index (χ2v) is 4.50. The lowest BCUT2D eigenvalue weighted by molar-refractivity contribution is 0.191. The molecule has 0 spiro atoms. The molecule has 0 atom stereocenters. The third-order valence-electron chi connectivity index (χ3n) is 3.46. The van der Waals surface area contributed by atoms with Crippen molar-refractivity contribution in [1.82, 2.24) is 10.2 Å². The third-order valence-corrected chi connectivity index (χ3v) is 3.46. The average molecular weight is 193 g/mol. The Hall–Kier alpha value is -0.590. The molecule has 0 radical (unpaired) electrons. The molecule has 1 N–H and O–H groups in total. The van der Waals surface area contributed by atoms with Crippen molar-refractivity contribution in [2.45, 2.75) is 44.2 Å². The molecule has 0 unspecified atom stereocenters. The van der Waals surface area contributed by atoms with Crippen LogP contribution in [-0.4, -0.2) is 36.6 Å². The van der Waals surface area contributed by atoms with E-state index in [1.54, 1.807) is 0 Å². The number of piperidine rings is 1. The van der Waals surface area contributed by atoms with Gasteiger partial charge in [-0.3, -0.25) is 4.90 Å². The van der Waals surface area contributed by atoms with E-state index < -0.39 is 0 Å². The predicted molar refractivity (Wildman–Crippen MR) is 55.8 cm³/mol. The summed E-state index contributed by atoms with van der Waals surface area (Å²) in [7, 11) is 0. The van der Waals surface area contributed by atoms with E-state index in [9.17, 15) is 0 Å². The fraction of sp³-hybridized carbons (Fsp3) is 0.909. The molecule has 78 valence electrons. The van der Waals surface area contributed by atoms with Gasteiger partial charge in [-0.05, 0) is 25.7 Å². The highest BCUT2D eigenvalue weighted by Crippen LogP contribution is 2.21. The summed E-state index contributed by atoms with van der Waals surface area (Å²) in [6.45, 7) is 2.80. The highest BCUT2D eigenvalue weighted by atomic mass is 15.1. The van der Waals surface area contributed by atoms with Crippen molar-refractivity contribution in [3.8, 4) is 6.07 Å². The fourth-order valence-corrected chi connectivity index (χ4v) is 2.27. The molecule has 0 bridgehead atoms. The van der Waals surface area contributed by atoms with Gasteiger partial charge in [-0.25, -0.2) is 0 Å². The smallest absolute Gasteiger partial charge is 0.0866 e. The Balaban J connectivity index is 1.65. The lowest BCUT2D eigenvalue weighted by Crippen LogP contribution is -2.48. The largest absolute Gasteiger partial charge is 0.311 e. The zero-order valence-electron chi connectivity index (χ0n) is 8.71. The Morgan fingerprint density at radius 2 is 1.79 bits per heavy atom. The average Bonchev–Trinajstić information content (AvgIpc) is 2.14. The van der Waals surface area contributed by atoms with E-state index in [1.807, 2.05) is 0 Å². The quantitative estimate of drug-likeness (QED) is 0.683. The van der Waals surface area contributed by atoms with E-state index in [-0.39, 0.29) is 0 Å². The van der Waals surface area contributed by atoms with Gasteiger partial charge in [-0.2, -0.15) is 5.26 Å². The zero-order chi connectivity index (χ0) is 9.80. The number of hydrogen-bond donors (Lipinski definition) is 1. The molecule has 0 aromatic rings. The minimum atomic E-state index is 0.607. The van der Waals surface area contributed by atoms with Crippen molar-refractivity contribution < 1.29 is 0 Å². The summed E-state index contributed by atoms with van der Waals surface area (Å²) in [6, 6.07) is 3.75. The molecular weight excluding hydrogens is 174 g/mol. The Morgan fingerprint density at radius 1 is 1.14 bits per heavy atom. The van der Waals surface area contributed by atoms with Gasteiger partial charge in [-0.15, -0.1) is 0 Å². The van der Waals surface area contributed by atoms with Crippen molar-refractivity contribution in [2.24, 2.45) is 0 Å². The van der Waals surface area contributed by atoms with Crippen LogP contribution in [0.4, 0.5) is 0 Å². The van der Waals surface area contributed by atoms with Crippen LogP contribution < -0.4 is 5.32 Å². The second-order valence-electron chi connectivity index (χ2n) is 4.50. The van der Waals surface area contributed by atoms with E-state index in [2.05, 4.69) is 16.3 Å². The molecule has 0 aromatic carbocycles. The molecule has 1 heterocycles. The lowest BCUT2D eigenvalue weighted by atomic mass is 9.91. The Morgan fingerprint density at radius 3 is 2.29 bits per heavy atom. The number of nitrogens with zero attached hydrogens (tertiary/aromatic N) is 2. The highest BCUT2D eigenvalue weighted by molar-refractivity contribution is 4.86. The summed E-state index contributed by atoms with van der Waals surface area (Å²) in [6.07, 6.45) is 6.60. The molecule has 3 nitrogen and oxygen atoms in total. The van der Waals surface area contributed by atoms with Crippen LogP contribution in [0.1, 0.15) is 32.1 Å². The number of nitriles is 1. The van der Waals surface area contributed by atoms with E-state index in [0.29, 0.717) is 6.54 Å². The van der Waals surface area contributed by atoms with E-state index >= 15 is 0 Å². The summed E-state index contributed by atoms with van der Waals surface area (Å²) in [4.78, 5) is 2.25. The summed E-state index contributed by atoms with van der Waals surface area (Å²) in [5.74, 6) is 0. The first kappa shape index (κ1) is 9.95. The van der Waals surface area contributed by atoms with Crippen LogP contribution >= 0.6 is 0 Å². The van der Waals surface area contributed by atoms with Crippen molar-refractivity contribution >= 4 is 0 Å². The third kappa shape index (κ3) is 2.46. The molecule has 2 rings (SSSR count). The van der Waals surface area contributed by atoms with Crippen molar-refractivity contribution in [3.05, 3.63) is 0 Å². The first-order chi connectivity index (χ1) is 6.88. The molecular formula is C11H19N3. The van der Waals surface area contributed by atoms with E-state index in [4.69, 9.17) is 5.26 Å². The van der Waals surface area contributed by atoms with Gasteiger partial charge >= 0.3 is 0 Å². The maximum atomic E-state index is 8.57. The van der Waals surface area contributed by atoms with Gasteiger partial charge in [0.15, 0.2) is 0 Å². The summed E-state index contributed by atoms with van der Waals surface area (Å²) < 4.78 is 0. The van der Waals surface area contributed by atoms with Crippen LogP contribution in [0, 0.1) is 11.3 Å². The second kappa shape index (κ2) is 4.77. The number of rotatable bonds is 3. The van der Waals surface area contributed by atoms with E-state index in [1.165, 1.54) is 32.1 Å². The van der Waals surface area contributed by atoms with Crippen LogP contribution in [0.3, 0.4) is 0 Å². The summed E-state index contributed by atoms with van der Waals surface area (Å²) in [5.41, 5.74) is 0.